The number of hydrogen-bond donors (Lipinski definition) is 1. The lowest BCUT2D eigenvalue weighted by Crippen LogP contribution is -2.34. The number of nitro groups is 1. The number of amides is 1. The van der Waals surface area contributed by atoms with Gasteiger partial charge in [0.25, 0.3) is 11.6 Å². The van der Waals surface area contributed by atoms with Crippen molar-refractivity contribution in [2.45, 2.75) is 6.92 Å². The number of nitrogens with two attached hydrogens (primary N) is 1. The minimum Gasteiger partial charge on any atom is -0.452 e. The van der Waals surface area contributed by atoms with Gasteiger partial charge in [-0.1, -0.05) is 0 Å². The molecule has 26 heavy (non-hydrogen) atoms. The van der Waals surface area contributed by atoms with Crippen molar-refractivity contribution in [3.63, 3.8) is 0 Å². The lowest BCUT2D eigenvalue weighted by Gasteiger charge is -2.20. The summed E-state index contributed by atoms with van der Waals surface area (Å²) in [5, 5.41) is 10.9. The molecular formula is C17H16FN3O5. The summed E-state index contributed by atoms with van der Waals surface area (Å²) in [7, 11) is 0. The minimum atomic E-state index is -0.892. The van der Waals surface area contributed by atoms with Crippen LogP contribution < -0.4 is 10.6 Å². The number of benzene rings is 2. The summed E-state index contributed by atoms with van der Waals surface area (Å²) in [6.07, 6.45) is 0. The molecule has 0 aliphatic heterocycles. The van der Waals surface area contributed by atoms with Crippen molar-refractivity contribution in [1.82, 2.24) is 0 Å². The van der Waals surface area contributed by atoms with Crippen molar-refractivity contribution < 1.29 is 23.6 Å². The molecule has 2 rings (SSSR count). The van der Waals surface area contributed by atoms with Crippen LogP contribution in [0.2, 0.25) is 0 Å². The fraction of sp³-hybridized carbons (Fsp3) is 0.176. The van der Waals surface area contributed by atoms with E-state index in [1.54, 1.807) is 6.92 Å². The second-order valence-corrected chi connectivity index (χ2v) is 5.22. The van der Waals surface area contributed by atoms with E-state index < -0.39 is 34.9 Å². The maximum atomic E-state index is 13.0. The predicted octanol–water partition coefficient (Wildman–Crippen LogP) is 2.53. The summed E-state index contributed by atoms with van der Waals surface area (Å²) in [4.78, 5) is 35.7. The molecule has 0 heterocycles. The number of carbonyl (C=O) groups excluding carboxylic acids is 2. The molecule has 8 nitrogen and oxygen atoms in total. The Morgan fingerprint density at radius 3 is 2.46 bits per heavy atom. The standard InChI is InChI=1S/C17H16FN3O5/c1-2-20(13-6-4-12(18)5-7-13)16(22)10-26-17(23)11-3-8-14(19)15(9-11)21(24)25/h3-9H,2,10,19H2,1H3. The highest BCUT2D eigenvalue weighted by Gasteiger charge is 2.19. The summed E-state index contributed by atoms with van der Waals surface area (Å²) in [5.41, 5.74) is 5.32. The van der Waals surface area contributed by atoms with Gasteiger partial charge in [0, 0.05) is 18.3 Å². The predicted molar refractivity (Wildman–Crippen MR) is 92.2 cm³/mol. The van der Waals surface area contributed by atoms with Crippen molar-refractivity contribution in [2.24, 2.45) is 0 Å². The molecule has 9 heteroatoms. The number of rotatable bonds is 6. The summed E-state index contributed by atoms with van der Waals surface area (Å²) in [6.45, 7) is 1.43. The Morgan fingerprint density at radius 2 is 1.88 bits per heavy atom. The highest BCUT2D eigenvalue weighted by molar-refractivity contribution is 5.97. The first kappa shape index (κ1) is 18.8. The van der Waals surface area contributed by atoms with Crippen molar-refractivity contribution in [3.8, 4) is 0 Å². The summed E-state index contributed by atoms with van der Waals surface area (Å²) < 4.78 is 17.9. The molecule has 2 aromatic carbocycles. The Morgan fingerprint density at radius 1 is 1.23 bits per heavy atom. The third-order valence-electron chi connectivity index (χ3n) is 3.55. The topological polar surface area (TPSA) is 116 Å². The van der Waals surface area contributed by atoms with E-state index in [2.05, 4.69) is 0 Å². The van der Waals surface area contributed by atoms with E-state index in [0.717, 1.165) is 6.07 Å². The number of ether oxygens (including phenoxy) is 1. The molecule has 0 unspecified atom stereocenters. The Hall–Kier alpha value is -3.49. The van der Waals surface area contributed by atoms with Gasteiger partial charge in [-0.05, 0) is 43.3 Å². The maximum Gasteiger partial charge on any atom is 0.338 e. The van der Waals surface area contributed by atoms with E-state index in [1.807, 2.05) is 0 Å². The molecule has 0 atom stereocenters. The van der Waals surface area contributed by atoms with E-state index >= 15 is 0 Å². The van der Waals surface area contributed by atoms with Gasteiger partial charge in [0.2, 0.25) is 0 Å². The van der Waals surface area contributed by atoms with Crippen molar-refractivity contribution in [2.75, 3.05) is 23.8 Å². The lowest BCUT2D eigenvalue weighted by molar-refractivity contribution is -0.383. The van der Waals surface area contributed by atoms with Gasteiger partial charge in [-0.2, -0.15) is 0 Å². The zero-order chi connectivity index (χ0) is 19.3. The van der Waals surface area contributed by atoms with Gasteiger partial charge in [-0.15, -0.1) is 0 Å². The van der Waals surface area contributed by atoms with Crippen LogP contribution in [0.4, 0.5) is 21.5 Å². The molecule has 0 aliphatic rings. The zero-order valence-corrected chi connectivity index (χ0v) is 13.8. The minimum absolute atomic E-state index is 0.0869. The van der Waals surface area contributed by atoms with Crippen LogP contribution in [0, 0.1) is 15.9 Å². The number of anilines is 2. The molecule has 2 N–H and O–H groups in total. The average Bonchev–Trinajstić information content (AvgIpc) is 2.62. The quantitative estimate of drug-likeness (QED) is 0.366. The van der Waals surface area contributed by atoms with Gasteiger partial charge in [0.15, 0.2) is 6.61 Å². The zero-order valence-electron chi connectivity index (χ0n) is 13.8. The molecule has 0 radical (unpaired) electrons. The van der Waals surface area contributed by atoms with Crippen LogP contribution in [0.15, 0.2) is 42.5 Å². The smallest absolute Gasteiger partial charge is 0.338 e. The SMILES string of the molecule is CCN(C(=O)COC(=O)c1ccc(N)c([N+](=O)[O-])c1)c1ccc(F)cc1. The molecule has 2 aromatic rings. The maximum absolute atomic E-state index is 13.0. The van der Waals surface area contributed by atoms with Gasteiger partial charge in [-0.25, -0.2) is 9.18 Å². The van der Waals surface area contributed by atoms with Crippen LogP contribution in [0.1, 0.15) is 17.3 Å². The number of carbonyl (C=O) groups is 2. The molecule has 1 amide bonds. The normalized spacial score (nSPS) is 10.2. The third-order valence-corrected chi connectivity index (χ3v) is 3.55. The van der Waals surface area contributed by atoms with Gasteiger partial charge in [0.05, 0.1) is 10.5 Å². The molecule has 0 spiro atoms. The molecular weight excluding hydrogens is 345 g/mol. The fourth-order valence-electron chi connectivity index (χ4n) is 2.24. The number of esters is 1. The summed E-state index contributed by atoms with van der Waals surface area (Å²) in [6, 6.07) is 8.76. The van der Waals surface area contributed by atoms with Gasteiger partial charge >= 0.3 is 5.97 Å². The Kier molecular flexibility index (Phi) is 5.84. The highest BCUT2D eigenvalue weighted by Crippen LogP contribution is 2.22. The number of hydrogen-bond acceptors (Lipinski definition) is 6. The first-order valence-electron chi connectivity index (χ1n) is 7.60. The van der Waals surface area contributed by atoms with Crippen molar-refractivity contribution >= 4 is 28.9 Å². The van der Waals surface area contributed by atoms with Crippen LogP contribution in [-0.2, 0) is 9.53 Å². The summed E-state index contributed by atoms with van der Waals surface area (Å²) in [5.74, 6) is -1.84. The average molecular weight is 361 g/mol. The fourth-order valence-corrected chi connectivity index (χ4v) is 2.24. The van der Waals surface area contributed by atoms with Crippen LogP contribution in [0.5, 0.6) is 0 Å². The van der Waals surface area contributed by atoms with Crippen LogP contribution in [-0.4, -0.2) is 30.0 Å². The summed E-state index contributed by atoms with van der Waals surface area (Å²) >= 11 is 0. The molecule has 0 aromatic heterocycles. The second kappa shape index (κ2) is 8.06. The van der Waals surface area contributed by atoms with E-state index in [9.17, 15) is 24.1 Å². The van der Waals surface area contributed by atoms with E-state index in [1.165, 1.54) is 41.3 Å². The first-order chi connectivity index (χ1) is 12.3. The number of nitro benzene ring substituents is 1. The lowest BCUT2D eigenvalue weighted by atomic mass is 10.2. The molecule has 0 bridgehead atoms. The Bertz CT molecular complexity index is 839. The van der Waals surface area contributed by atoms with Gasteiger partial charge in [-0.3, -0.25) is 14.9 Å². The number of halogens is 1. The van der Waals surface area contributed by atoms with E-state index in [-0.39, 0.29) is 17.8 Å². The van der Waals surface area contributed by atoms with Gasteiger partial charge < -0.3 is 15.4 Å². The Balaban J connectivity index is 2.06. The first-order valence-corrected chi connectivity index (χ1v) is 7.60. The number of nitrogens with zero attached hydrogens (tertiary/aromatic N) is 2. The number of likely N-dealkylation sites (N-methyl/N-ethyl adjacent to an activating group) is 1. The molecule has 136 valence electrons. The molecule has 0 saturated heterocycles. The molecule has 0 aliphatic carbocycles. The van der Waals surface area contributed by atoms with Crippen LogP contribution >= 0.6 is 0 Å². The van der Waals surface area contributed by atoms with Crippen molar-refractivity contribution in [1.29, 1.82) is 0 Å². The number of nitrogen functional groups attached to an aromatic ring is 1. The highest BCUT2D eigenvalue weighted by atomic mass is 19.1. The largest absolute Gasteiger partial charge is 0.452 e. The van der Waals surface area contributed by atoms with E-state index in [0.29, 0.717) is 5.69 Å². The van der Waals surface area contributed by atoms with Gasteiger partial charge in [0.1, 0.15) is 11.5 Å². The second-order valence-electron chi connectivity index (χ2n) is 5.22. The molecule has 0 fully saturated rings. The molecule has 0 saturated carbocycles. The third kappa shape index (κ3) is 4.32. The van der Waals surface area contributed by atoms with Crippen molar-refractivity contribution in [3.05, 3.63) is 64.0 Å². The Labute approximate surface area is 148 Å². The van der Waals surface area contributed by atoms with Crippen LogP contribution in [0.25, 0.3) is 0 Å². The van der Waals surface area contributed by atoms with E-state index in [4.69, 9.17) is 10.5 Å². The van der Waals surface area contributed by atoms with Crippen LogP contribution in [0.3, 0.4) is 0 Å². The monoisotopic (exact) mass is 361 g/mol.